The van der Waals surface area contributed by atoms with Crippen LogP contribution in [-0.2, 0) is 28.1 Å². The monoisotopic (exact) mass is 441 g/mol. The van der Waals surface area contributed by atoms with E-state index in [1.807, 2.05) is 24.3 Å². The number of nitrogens with zero attached hydrogens (tertiary/aromatic N) is 2. The highest BCUT2D eigenvalue weighted by Crippen LogP contribution is 2.23. The van der Waals surface area contributed by atoms with Crippen molar-refractivity contribution in [3.8, 4) is 0 Å². The van der Waals surface area contributed by atoms with Crippen molar-refractivity contribution in [1.82, 2.24) is 13.9 Å². The summed E-state index contributed by atoms with van der Waals surface area (Å²) in [6, 6.07) is 14.3. The molecular weight excluding hydrogens is 421 g/mol. The van der Waals surface area contributed by atoms with E-state index in [1.165, 1.54) is 8.61 Å². The Labute approximate surface area is 175 Å². The summed E-state index contributed by atoms with van der Waals surface area (Å²) in [6.07, 6.45) is 0.640. The van der Waals surface area contributed by atoms with Gasteiger partial charge in [-0.15, -0.1) is 0 Å². The third kappa shape index (κ3) is 5.04. The molecule has 1 N–H and O–H groups in total. The molecule has 2 aromatic carbocycles. The first kappa shape index (κ1) is 21.1. The zero-order valence-corrected chi connectivity index (χ0v) is 17.5. The van der Waals surface area contributed by atoms with E-state index in [4.69, 9.17) is 23.2 Å². The SMILES string of the molecule is O=C(CN1CCCN(Cc2ccccc2Cl)S1(=O)=O)NCc1ccccc1Cl. The van der Waals surface area contributed by atoms with Crippen LogP contribution in [0.5, 0.6) is 0 Å². The molecular formula is C19H21Cl2N3O3S. The number of hydrogen-bond acceptors (Lipinski definition) is 3. The van der Waals surface area contributed by atoms with Gasteiger partial charge in [0.1, 0.15) is 0 Å². The van der Waals surface area contributed by atoms with E-state index in [1.54, 1.807) is 24.3 Å². The average molecular weight is 442 g/mol. The van der Waals surface area contributed by atoms with Gasteiger partial charge in [0.2, 0.25) is 5.91 Å². The second-order valence-electron chi connectivity index (χ2n) is 6.49. The van der Waals surface area contributed by atoms with Gasteiger partial charge in [-0.05, 0) is 29.7 Å². The van der Waals surface area contributed by atoms with E-state index in [-0.39, 0.29) is 25.5 Å². The van der Waals surface area contributed by atoms with Gasteiger partial charge in [0.15, 0.2) is 0 Å². The largest absolute Gasteiger partial charge is 0.351 e. The van der Waals surface area contributed by atoms with Crippen molar-refractivity contribution in [3.05, 3.63) is 69.7 Å². The van der Waals surface area contributed by atoms with Crippen molar-refractivity contribution in [1.29, 1.82) is 0 Å². The molecule has 0 atom stereocenters. The molecule has 6 nitrogen and oxygen atoms in total. The summed E-state index contributed by atoms with van der Waals surface area (Å²) in [4.78, 5) is 12.3. The smallest absolute Gasteiger partial charge is 0.282 e. The van der Waals surface area contributed by atoms with Gasteiger partial charge in [0.05, 0.1) is 6.54 Å². The number of hydrogen-bond donors (Lipinski definition) is 1. The molecule has 9 heteroatoms. The van der Waals surface area contributed by atoms with Crippen molar-refractivity contribution < 1.29 is 13.2 Å². The Balaban J connectivity index is 1.62. The first-order chi connectivity index (χ1) is 13.4. The maximum Gasteiger partial charge on any atom is 0.282 e. The Morgan fingerprint density at radius 2 is 1.50 bits per heavy atom. The molecule has 150 valence electrons. The molecule has 1 heterocycles. The fourth-order valence-corrected chi connectivity index (χ4v) is 5.03. The molecule has 0 aromatic heterocycles. The number of carbonyl (C=O) groups is 1. The molecule has 0 unspecified atom stereocenters. The standard InChI is InChI=1S/C19H21Cl2N3O3S/c20-17-8-3-1-6-15(17)12-22-19(25)14-24-11-5-10-23(28(24,26)27)13-16-7-2-4-9-18(16)21/h1-4,6-9H,5,10-14H2,(H,22,25). The fourth-order valence-electron chi connectivity index (χ4n) is 3.01. The number of benzene rings is 2. The predicted molar refractivity (Wildman–Crippen MR) is 110 cm³/mol. The molecule has 1 aliphatic heterocycles. The maximum atomic E-state index is 12.9. The van der Waals surface area contributed by atoms with Gasteiger partial charge in [-0.1, -0.05) is 59.6 Å². The Morgan fingerprint density at radius 3 is 2.14 bits per heavy atom. The van der Waals surface area contributed by atoms with Crippen LogP contribution in [0.15, 0.2) is 48.5 Å². The third-order valence-electron chi connectivity index (χ3n) is 4.53. The molecule has 3 rings (SSSR count). The van der Waals surface area contributed by atoms with E-state index in [0.29, 0.717) is 29.6 Å². The van der Waals surface area contributed by atoms with Crippen LogP contribution < -0.4 is 5.32 Å². The summed E-state index contributed by atoms with van der Waals surface area (Å²) in [5.74, 6) is -0.372. The van der Waals surface area contributed by atoms with E-state index in [0.717, 1.165) is 11.1 Å². The summed E-state index contributed by atoms with van der Waals surface area (Å²) in [5, 5.41) is 3.80. The Bertz CT molecular complexity index is 953. The first-order valence-electron chi connectivity index (χ1n) is 8.86. The lowest BCUT2D eigenvalue weighted by molar-refractivity contribution is -0.121. The molecule has 0 saturated carbocycles. The van der Waals surface area contributed by atoms with Gasteiger partial charge >= 0.3 is 0 Å². The van der Waals surface area contributed by atoms with Crippen LogP contribution in [0.25, 0.3) is 0 Å². The number of halogens is 2. The maximum absolute atomic E-state index is 12.9. The Morgan fingerprint density at radius 1 is 0.929 bits per heavy atom. The van der Waals surface area contributed by atoms with E-state index in [2.05, 4.69) is 5.32 Å². The minimum Gasteiger partial charge on any atom is -0.351 e. The normalized spacial score (nSPS) is 17.4. The minimum atomic E-state index is -3.74. The van der Waals surface area contributed by atoms with Crippen LogP contribution in [0.4, 0.5) is 0 Å². The van der Waals surface area contributed by atoms with Crippen molar-refractivity contribution in [3.63, 3.8) is 0 Å². The fraction of sp³-hybridized carbons (Fsp3) is 0.316. The first-order valence-corrected chi connectivity index (χ1v) is 11.0. The van der Waals surface area contributed by atoms with E-state index >= 15 is 0 Å². The highest BCUT2D eigenvalue weighted by Gasteiger charge is 2.34. The summed E-state index contributed by atoms with van der Waals surface area (Å²) in [6.45, 7) is 0.896. The second kappa shape index (κ2) is 9.24. The van der Waals surface area contributed by atoms with Crippen LogP contribution in [0, 0.1) is 0 Å². The molecule has 1 amide bonds. The van der Waals surface area contributed by atoms with Gasteiger partial charge in [0, 0.05) is 36.2 Å². The predicted octanol–water partition coefficient (Wildman–Crippen LogP) is 3.06. The van der Waals surface area contributed by atoms with Gasteiger partial charge in [-0.3, -0.25) is 4.79 Å². The Kier molecular flexibility index (Phi) is 6.95. The number of rotatable bonds is 6. The average Bonchev–Trinajstić information content (AvgIpc) is 2.66. The molecule has 1 aliphatic rings. The van der Waals surface area contributed by atoms with Gasteiger partial charge in [-0.25, -0.2) is 0 Å². The highest BCUT2D eigenvalue weighted by atomic mass is 35.5. The molecule has 0 spiro atoms. The summed E-state index contributed by atoms with van der Waals surface area (Å²) in [5.41, 5.74) is 1.51. The second-order valence-corrected chi connectivity index (χ2v) is 9.23. The molecule has 1 fully saturated rings. The Hall–Kier alpha value is -1.64. The number of carbonyl (C=O) groups excluding carboxylic acids is 1. The lowest BCUT2D eigenvalue weighted by atomic mass is 10.2. The number of amides is 1. The molecule has 0 bridgehead atoms. The molecule has 1 saturated heterocycles. The lowest BCUT2D eigenvalue weighted by Gasteiger charge is -2.34. The molecule has 2 aromatic rings. The van der Waals surface area contributed by atoms with Crippen molar-refractivity contribution >= 4 is 39.3 Å². The summed E-state index contributed by atoms with van der Waals surface area (Å²) < 4.78 is 28.4. The van der Waals surface area contributed by atoms with Gasteiger partial charge < -0.3 is 5.32 Å². The molecule has 0 aliphatic carbocycles. The van der Waals surface area contributed by atoms with Crippen LogP contribution in [0.2, 0.25) is 10.0 Å². The van der Waals surface area contributed by atoms with Crippen molar-refractivity contribution in [2.45, 2.75) is 19.5 Å². The van der Waals surface area contributed by atoms with Gasteiger partial charge in [0.25, 0.3) is 10.2 Å². The van der Waals surface area contributed by atoms with Crippen LogP contribution in [-0.4, -0.2) is 42.6 Å². The topological polar surface area (TPSA) is 69.7 Å². The highest BCUT2D eigenvalue weighted by molar-refractivity contribution is 7.86. The van der Waals surface area contributed by atoms with Crippen molar-refractivity contribution in [2.24, 2.45) is 0 Å². The molecule has 28 heavy (non-hydrogen) atoms. The van der Waals surface area contributed by atoms with E-state index in [9.17, 15) is 13.2 Å². The third-order valence-corrected chi connectivity index (χ3v) is 7.19. The van der Waals surface area contributed by atoms with Crippen LogP contribution in [0.1, 0.15) is 17.5 Å². The zero-order chi connectivity index (χ0) is 20.1. The minimum absolute atomic E-state index is 0.180. The van der Waals surface area contributed by atoms with Gasteiger partial charge in [-0.2, -0.15) is 17.0 Å². The number of nitrogens with one attached hydrogen (secondary N) is 1. The summed E-state index contributed by atoms with van der Waals surface area (Å²) >= 11 is 12.2. The van der Waals surface area contributed by atoms with Crippen molar-refractivity contribution in [2.75, 3.05) is 19.6 Å². The quantitative estimate of drug-likeness (QED) is 0.748. The zero-order valence-electron chi connectivity index (χ0n) is 15.1. The summed E-state index contributed by atoms with van der Waals surface area (Å²) in [7, 11) is -3.74. The van der Waals surface area contributed by atoms with Crippen LogP contribution >= 0.6 is 23.2 Å². The van der Waals surface area contributed by atoms with Crippen LogP contribution in [0.3, 0.4) is 0 Å². The van der Waals surface area contributed by atoms with E-state index < -0.39 is 10.2 Å². The lowest BCUT2D eigenvalue weighted by Crippen LogP contribution is -2.52. The molecule has 0 radical (unpaired) electrons.